The first-order valence-corrected chi connectivity index (χ1v) is 22.8. The molecule has 6 rings (SSSR count). The van der Waals surface area contributed by atoms with Crippen LogP contribution in [0.5, 0.6) is 0 Å². The van der Waals surface area contributed by atoms with Crippen LogP contribution in [0.25, 0.3) is 0 Å². The van der Waals surface area contributed by atoms with Crippen molar-refractivity contribution >= 4 is 35.3 Å². The van der Waals surface area contributed by atoms with Gasteiger partial charge in [0.2, 0.25) is 0 Å². The van der Waals surface area contributed by atoms with Gasteiger partial charge in [0.05, 0.1) is 0 Å². The van der Waals surface area contributed by atoms with Crippen molar-refractivity contribution in [3.8, 4) is 0 Å². The van der Waals surface area contributed by atoms with Crippen LogP contribution in [0.2, 0.25) is 0 Å². The summed E-state index contributed by atoms with van der Waals surface area (Å²) in [4.78, 5) is 1.99. The minimum atomic E-state index is -2.32. The molecule has 0 spiro atoms. The van der Waals surface area contributed by atoms with Gasteiger partial charge in [0.25, 0.3) is 17.3 Å². The Morgan fingerprint density at radius 3 is 1.02 bits per heavy atom. The molecule has 3 aromatic carbocycles. The molecule has 0 amide bonds. The van der Waals surface area contributed by atoms with E-state index in [1.54, 1.807) is 0 Å². The zero-order valence-corrected chi connectivity index (χ0v) is 34.7. The quantitative estimate of drug-likeness (QED) is 0.132. The highest BCUT2D eigenvalue weighted by atomic mass is 32.2. The summed E-state index contributed by atoms with van der Waals surface area (Å²) in [5, 5.41) is 0. The van der Waals surface area contributed by atoms with Crippen molar-refractivity contribution in [1.29, 1.82) is 0 Å². The van der Waals surface area contributed by atoms with Gasteiger partial charge in [-0.1, -0.05) is 125 Å². The van der Waals surface area contributed by atoms with E-state index in [4.69, 9.17) is 0 Å². The first-order valence-electron chi connectivity index (χ1n) is 20.2. The van der Waals surface area contributed by atoms with E-state index in [9.17, 15) is 26.3 Å². The Kier molecular flexibility index (Phi) is 20.1. The summed E-state index contributed by atoms with van der Waals surface area (Å²) >= 11 is 1.87. The highest BCUT2D eigenvalue weighted by Crippen LogP contribution is 2.40. The number of thioether (sulfide) groups is 3. The topological polar surface area (TPSA) is 0 Å². The molecular formula is C45H60F6S3. The molecule has 0 heterocycles. The van der Waals surface area contributed by atoms with Crippen molar-refractivity contribution in [3.63, 3.8) is 0 Å². The number of alkyl halides is 6. The SMILES string of the molecule is CC1CCC(c2ccc(SC(F)F)cc2)CC1.CCC1CCC(c2ccc(SC(F)F)cc2)CC1.CCCC1CCC(c2ccc(SC(F)F)cc2)CC1. The van der Waals surface area contributed by atoms with Gasteiger partial charge in [-0.3, -0.25) is 0 Å². The maximum Gasteiger partial charge on any atom is 0.288 e. The van der Waals surface area contributed by atoms with E-state index < -0.39 is 17.3 Å². The van der Waals surface area contributed by atoms with Crippen molar-refractivity contribution in [2.45, 2.75) is 167 Å². The van der Waals surface area contributed by atoms with E-state index in [2.05, 4.69) is 20.8 Å². The van der Waals surface area contributed by atoms with Crippen molar-refractivity contribution in [1.82, 2.24) is 0 Å². The lowest BCUT2D eigenvalue weighted by atomic mass is 9.77. The fourth-order valence-corrected chi connectivity index (χ4v) is 9.95. The maximum absolute atomic E-state index is 12.3. The van der Waals surface area contributed by atoms with Gasteiger partial charge in [-0.05, 0) is 153 Å². The Balaban J connectivity index is 0.000000181. The summed E-state index contributed by atoms with van der Waals surface area (Å²) < 4.78 is 73.3. The molecule has 3 fully saturated rings. The van der Waals surface area contributed by atoms with E-state index in [0.29, 0.717) is 67.7 Å². The number of halogens is 6. The monoisotopic (exact) mass is 810 g/mol. The Bertz CT molecular complexity index is 1410. The van der Waals surface area contributed by atoms with Gasteiger partial charge in [0, 0.05) is 14.7 Å². The molecule has 0 nitrogen and oxygen atoms in total. The van der Waals surface area contributed by atoms with Gasteiger partial charge in [-0.15, -0.1) is 0 Å². The van der Waals surface area contributed by atoms with E-state index >= 15 is 0 Å². The molecule has 0 aromatic heterocycles. The Morgan fingerprint density at radius 2 is 0.741 bits per heavy atom. The molecule has 0 saturated heterocycles. The first-order chi connectivity index (χ1) is 26.0. The Labute approximate surface area is 334 Å². The van der Waals surface area contributed by atoms with Crippen LogP contribution in [0.4, 0.5) is 26.3 Å². The molecule has 3 saturated carbocycles. The molecule has 9 heteroatoms. The first kappa shape index (κ1) is 45.0. The summed E-state index contributed by atoms with van der Waals surface area (Å²) in [6.07, 6.45) is 19.3. The van der Waals surface area contributed by atoms with Crippen LogP contribution in [-0.4, -0.2) is 17.3 Å². The molecular weight excluding hydrogens is 751 g/mol. The van der Waals surface area contributed by atoms with Crippen LogP contribution in [0, 0.1) is 17.8 Å². The lowest BCUT2D eigenvalue weighted by Crippen LogP contribution is -2.13. The van der Waals surface area contributed by atoms with E-state index in [1.807, 2.05) is 72.8 Å². The molecule has 3 aliphatic carbocycles. The molecule has 3 aromatic rings. The Morgan fingerprint density at radius 1 is 0.444 bits per heavy atom. The zero-order valence-electron chi connectivity index (χ0n) is 32.2. The number of hydrogen-bond donors (Lipinski definition) is 0. The second-order valence-electron chi connectivity index (χ2n) is 15.4. The number of rotatable bonds is 12. The number of benzene rings is 3. The van der Waals surface area contributed by atoms with Crippen LogP contribution in [0.1, 0.15) is 152 Å². The summed E-state index contributed by atoms with van der Waals surface area (Å²) in [6, 6.07) is 23.2. The molecule has 0 aliphatic heterocycles. The molecule has 0 N–H and O–H groups in total. The molecule has 0 radical (unpaired) electrons. The maximum atomic E-state index is 12.3. The van der Waals surface area contributed by atoms with Gasteiger partial charge in [0.15, 0.2) is 0 Å². The standard InChI is InChI=1S/C16H22F2S.C15H20F2S.C14H18F2S/c1-2-3-12-4-6-13(7-5-12)14-8-10-15(11-9-14)19-16(17)18;1-2-11-3-5-12(6-4-11)13-7-9-14(10-8-13)18-15(16)17;1-10-2-4-11(5-3-10)12-6-8-13(9-7-12)17-14(15)16/h8-13,16H,2-7H2,1H3;7-12,15H,2-6H2,1H3;6-11,14H,2-5H2,1H3. The summed E-state index contributed by atoms with van der Waals surface area (Å²) in [5.41, 5.74) is 3.97. The highest BCUT2D eigenvalue weighted by molar-refractivity contribution is 8.00. The third-order valence-electron chi connectivity index (χ3n) is 11.7. The average molecular weight is 811 g/mol. The van der Waals surface area contributed by atoms with Crippen LogP contribution in [0.15, 0.2) is 87.5 Å². The van der Waals surface area contributed by atoms with Gasteiger partial charge in [0.1, 0.15) is 0 Å². The van der Waals surface area contributed by atoms with E-state index in [-0.39, 0.29) is 0 Å². The lowest BCUT2D eigenvalue weighted by Gasteiger charge is -2.28. The van der Waals surface area contributed by atoms with Crippen molar-refractivity contribution < 1.29 is 26.3 Å². The molecule has 300 valence electrons. The molecule has 54 heavy (non-hydrogen) atoms. The van der Waals surface area contributed by atoms with Crippen molar-refractivity contribution in [3.05, 3.63) is 89.5 Å². The molecule has 3 aliphatic rings. The summed E-state index contributed by atoms with van der Waals surface area (Å²) in [7, 11) is 0. The minimum absolute atomic E-state index is 0.621. The second-order valence-corrected chi connectivity index (χ2v) is 18.6. The van der Waals surface area contributed by atoms with E-state index in [0.717, 1.165) is 17.8 Å². The second kappa shape index (κ2) is 24.1. The molecule has 0 unspecified atom stereocenters. The fourth-order valence-electron chi connectivity index (χ4n) is 8.45. The van der Waals surface area contributed by atoms with Gasteiger partial charge >= 0.3 is 0 Å². The van der Waals surface area contributed by atoms with Crippen molar-refractivity contribution in [2.24, 2.45) is 17.8 Å². The predicted octanol–water partition coefficient (Wildman–Crippen LogP) is 17.1. The minimum Gasteiger partial charge on any atom is -0.198 e. The van der Waals surface area contributed by atoms with Crippen LogP contribution in [0.3, 0.4) is 0 Å². The van der Waals surface area contributed by atoms with Gasteiger partial charge < -0.3 is 0 Å². The largest absolute Gasteiger partial charge is 0.288 e. The van der Waals surface area contributed by atoms with Gasteiger partial charge in [-0.2, -0.15) is 26.3 Å². The Hall–Kier alpha value is -1.71. The van der Waals surface area contributed by atoms with Crippen LogP contribution < -0.4 is 0 Å². The summed E-state index contributed by atoms with van der Waals surface area (Å²) in [5.74, 6) is -2.40. The van der Waals surface area contributed by atoms with Crippen LogP contribution in [-0.2, 0) is 0 Å². The zero-order chi connectivity index (χ0) is 38.9. The summed E-state index contributed by atoms with van der Waals surface area (Å²) in [6.45, 7) is 6.82. The highest BCUT2D eigenvalue weighted by Gasteiger charge is 2.23. The normalized spacial score (nSPS) is 24.4. The third-order valence-corrected chi connectivity index (χ3v) is 13.9. The molecule has 0 bridgehead atoms. The number of hydrogen-bond acceptors (Lipinski definition) is 3. The fraction of sp³-hybridized carbons (Fsp3) is 0.600. The smallest absolute Gasteiger partial charge is 0.198 e. The predicted molar refractivity (Wildman–Crippen MR) is 220 cm³/mol. The van der Waals surface area contributed by atoms with Crippen LogP contribution >= 0.6 is 35.3 Å². The van der Waals surface area contributed by atoms with Crippen molar-refractivity contribution in [2.75, 3.05) is 0 Å². The lowest BCUT2D eigenvalue weighted by molar-refractivity contribution is 0.251. The molecule has 0 atom stereocenters. The van der Waals surface area contributed by atoms with E-state index in [1.165, 1.54) is 113 Å². The van der Waals surface area contributed by atoms with Gasteiger partial charge in [-0.25, -0.2) is 0 Å². The third kappa shape index (κ3) is 16.0. The average Bonchev–Trinajstić information content (AvgIpc) is 3.17.